The number of piperazine rings is 1. The first kappa shape index (κ1) is 24.1. The van der Waals surface area contributed by atoms with E-state index in [1.807, 2.05) is 18.2 Å². The lowest BCUT2D eigenvalue weighted by Gasteiger charge is -2.34. The molecule has 9 nitrogen and oxygen atoms in total. The highest BCUT2D eigenvalue weighted by Crippen LogP contribution is 2.29. The second kappa shape index (κ2) is 10.6. The first-order chi connectivity index (χ1) is 17.0. The standard InChI is InChI=1S/C24H29N5O4S2/c30-23(19-5-7-20(8-6-19)35(31,32)29-15-17-33-18-16-29)25-9-10-27-11-13-28(14-12-27)24-26-21-3-1-2-4-22(21)34-24/h1-8H,9-18H2,(H,25,30). The van der Waals surface area contributed by atoms with Crippen molar-refractivity contribution in [2.75, 3.05) is 70.5 Å². The zero-order chi connectivity index (χ0) is 24.3. The van der Waals surface area contributed by atoms with Gasteiger partial charge >= 0.3 is 0 Å². The molecule has 2 saturated heterocycles. The van der Waals surface area contributed by atoms with Gasteiger partial charge in [0.05, 0.1) is 28.3 Å². The summed E-state index contributed by atoms with van der Waals surface area (Å²) in [5, 5.41) is 4.02. The van der Waals surface area contributed by atoms with E-state index in [-0.39, 0.29) is 10.8 Å². The monoisotopic (exact) mass is 515 g/mol. The normalized spacial score (nSPS) is 18.1. The predicted octanol–water partition coefficient (Wildman–Crippen LogP) is 1.87. The summed E-state index contributed by atoms with van der Waals surface area (Å²) >= 11 is 1.73. The second-order valence-corrected chi connectivity index (χ2v) is 11.5. The molecule has 2 aromatic carbocycles. The van der Waals surface area contributed by atoms with E-state index in [0.29, 0.717) is 38.4 Å². The van der Waals surface area contributed by atoms with E-state index in [2.05, 4.69) is 21.2 Å². The van der Waals surface area contributed by atoms with E-state index in [1.165, 1.54) is 21.1 Å². The molecule has 0 radical (unpaired) electrons. The van der Waals surface area contributed by atoms with Crippen LogP contribution >= 0.6 is 11.3 Å². The summed E-state index contributed by atoms with van der Waals surface area (Å²) in [5.41, 5.74) is 1.50. The predicted molar refractivity (Wildman–Crippen MR) is 137 cm³/mol. The van der Waals surface area contributed by atoms with Gasteiger partial charge in [0.2, 0.25) is 10.0 Å². The Morgan fingerprint density at radius 1 is 0.971 bits per heavy atom. The topological polar surface area (TPSA) is 95.1 Å². The van der Waals surface area contributed by atoms with E-state index in [9.17, 15) is 13.2 Å². The van der Waals surface area contributed by atoms with Gasteiger partial charge in [-0.3, -0.25) is 9.69 Å². The Hall–Kier alpha value is -2.57. The van der Waals surface area contributed by atoms with Crippen molar-refractivity contribution >= 4 is 42.6 Å². The van der Waals surface area contributed by atoms with Crippen molar-refractivity contribution in [3.05, 3.63) is 54.1 Å². The lowest BCUT2D eigenvalue weighted by atomic mass is 10.2. The maximum absolute atomic E-state index is 12.7. The van der Waals surface area contributed by atoms with Crippen LogP contribution in [-0.4, -0.2) is 94.1 Å². The molecule has 3 heterocycles. The van der Waals surface area contributed by atoms with Crippen LogP contribution in [0.4, 0.5) is 5.13 Å². The lowest BCUT2D eigenvalue weighted by molar-refractivity contribution is 0.0730. The Balaban J connectivity index is 1.08. The lowest BCUT2D eigenvalue weighted by Crippen LogP contribution is -2.48. The van der Waals surface area contributed by atoms with E-state index >= 15 is 0 Å². The van der Waals surface area contributed by atoms with Crippen molar-refractivity contribution in [3.8, 4) is 0 Å². The number of aromatic nitrogens is 1. The van der Waals surface area contributed by atoms with Gasteiger partial charge in [0, 0.05) is 57.9 Å². The summed E-state index contributed by atoms with van der Waals surface area (Å²) in [5.74, 6) is -0.201. The van der Waals surface area contributed by atoms with Gasteiger partial charge in [-0.1, -0.05) is 23.5 Å². The first-order valence-electron chi connectivity index (χ1n) is 11.8. The third kappa shape index (κ3) is 5.49. The molecule has 5 rings (SSSR count). The molecule has 2 aliphatic rings. The summed E-state index contributed by atoms with van der Waals surface area (Å²) < 4.78 is 33.3. The average molecular weight is 516 g/mol. The summed E-state index contributed by atoms with van der Waals surface area (Å²) in [7, 11) is -3.56. The number of thiazole rings is 1. The third-order valence-electron chi connectivity index (χ3n) is 6.36. The second-order valence-electron chi connectivity index (χ2n) is 8.59. The molecular weight excluding hydrogens is 486 g/mol. The highest BCUT2D eigenvalue weighted by atomic mass is 32.2. The minimum Gasteiger partial charge on any atom is -0.379 e. The minimum absolute atomic E-state index is 0.196. The van der Waals surface area contributed by atoms with Crippen LogP contribution in [0, 0.1) is 0 Å². The van der Waals surface area contributed by atoms with Crippen molar-refractivity contribution in [1.29, 1.82) is 0 Å². The summed E-state index contributed by atoms with van der Waals surface area (Å²) in [4.78, 5) is 22.2. The van der Waals surface area contributed by atoms with Gasteiger partial charge in [0.15, 0.2) is 5.13 Å². The van der Waals surface area contributed by atoms with Crippen molar-refractivity contribution < 1.29 is 17.9 Å². The van der Waals surface area contributed by atoms with Crippen LogP contribution in [-0.2, 0) is 14.8 Å². The molecule has 2 aliphatic heterocycles. The fourth-order valence-electron chi connectivity index (χ4n) is 4.30. The molecule has 3 aromatic rings. The number of nitrogens with zero attached hydrogens (tertiary/aromatic N) is 4. The molecule has 0 unspecified atom stereocenters. The number of benzene rings is 2. The number of fused-ring (bicyclic) bond motifs is 1. The molecular formula is C24H29N5O4S2. The van der Waals surface area contributed by atoms with Crippen LogP contribution < -0.4 is 10.2 Å². The van der Waals surface area contributed by atoms with Crippen LogP contribution in [0.1, 0.15) is 10.4 Å². The van der Waals surface area contributed by atoms with Gasteiger partial charge < -0.3 is 15.0 Å². The highest BCUT2D eigenvalue weighted by Gasteiger charge is 2.26. The first-order valence-corrected chi connectivity index (χ1v) is 14.1. The summed E-state index contributed by atoms with van der Waals surface area (Å²) in [6.45, 7) is 6.45. The van der Waals surface area contributed by atoms with Gasteiger partial charge in [-0.15, -0.1) is 0 Å². The molecule has 0 bridgehead atoms. The molecule has 0 aliphatic carbocycles. The number of rotatable bonds is 7. The Morgan fingerprint density at radius 3 is 2.40 bits per heavy atom. The number of nitrogens with one attached hydrogen (secondary N) is 1. The van der Waals surface area contributed by atoms with E-state index in [1.54, 1.807) is 23.5 Å². The molecule has 2 fully saturated rings. The molecule has 0 saturated carbocycles. The SMILES string of the molecule is O=C(NCCN1CCN(c2nc3ccccc3s2)CC1)c1ccc(S(=O)(=O)N2CCOCC2)cc1. The van der Waals surface area contributed by atoms with E-state index < -0.39 is 10.0 Å². The van der Waals surface area contributed by atoms with Crippen molar-refractivity contribution in [1.82, 2.24) is 19.5 Å². The molecule has 1 amide bonds. The number of carbonyl (C=O) groups excluding carboxylic acids is 1. The number of ether oxygens (including phenoxy) is 1. The van der Waals surface area contributed by atoms with Crippen molar-refractivity contribution in [3.63, 3.8) is 0 Å². The fraction of sp³-hybridized carbons (Fsp3) is 0.417. The van der Waals surface area contributed by atoms with Gasteiger partial charge in [0.1, 0.15) is 0 Å². The average Bonchev–Trinajstić information content (AvgIpc) is 3.34. The minimum atomic E-state index is -3.56. The fourth-order valence-corrected chi connectivity index (χ4v) is 6.73. The number of amides is 1. The molecule has 11 heteroatoms. The smallest absolute Gasteiger partial charge is 0.251 e. The van der Waals surface area contributed by atoms with Gasteiger partial charge in [-0.05, 0) is 36.4 Å². The Morgan fingerprint density at radius 2 is 1.69 bits per heavy atom. The molecule has 0 atom stereocenters. The number of sulfonamides is 1. The number of hydrogen-bond donors (Lipinski definition) is 1. The molecule has 1 aromatic heterocycles. The maximum Gasteiger partial charge on any atom is 0.251 e. The Labute approximate surface area is 209 Å². The van der Waals surface area contributed by atoms with Crippen molar-refractivity contribution in [2.24, 2.45) is 0 Å². The quantitative estimate of drug-likeness (QED) is 0.513. The number of anilines is 1. The van der Waals surface area contributed by atoms with Gasteiger partial charge in [-0.25, -0.2) is 13.4 Å². The van der Waals surface area contributed by atoms with E-state index in [0.717, 1.165) is 43.4 Å². The molecule has 186 valence electrons. The number of morpholine rings is 1. The van der Waals surface area contributed by atoms with Gasteiger partial charge in [-0.2, -0.15) is 4.31 Å². The largest absolute Gasteiger partial charge is 0.379 e. The van der Waals surface area contributed by atoms with Crippen molar-refractivity contribution in [2.45, 2.75) is 4.90 Å². The number of hydrogen-bond acceptors (Lipinski definition) is 8. The summed E-state index contributed by atoms with van der Waals surface area (Å²) in [6, 6.07) is 14.3. The number of para-hydroxylation sites is 1. The maximum atomic E-state index is 12.7. The van der Waals surface area contributed by atoms with Crippen LogP contribution in [0.15, 0.2) is 53.4 Å². The zero-order valence-electron chi connectivity index (χ0n) is 19.4. The zero-order valence-corrected chi connectivity index (χ0v) is 21.1. The summed E-state index contributed by atoms with van der Waals surface area (Å²) in [6.07, 6.45) is 0. The third-order valence-corrected chi connectivity index (χ3v) is 9.37. The van der Waals surface area contributed by atoms with Gasteiger partial charge in [0.25, 0.3) is 5.91 Å². The molecule has 0 spiro atoms. The van der Waals surface area contributed by atoms with Crippen LogP contribution in [0.3, 0.4) is 0 Å². The molecule has 1 N–H and O–H groups in total. The van der Waals surface area contributed by atoms with Crippen LogP contribution in [0.25, 0.3) is 10.2 Å². The molecule has 35 heavy (non-hydrogen) atoms. The highest BCUT2D eigenvalue weighted by molar-refractivity contribution is 7.89. The number of carbonyl (C=O) groups is 1. The van der Waals surface area contributed by atoms with E-state index in [4.69, 9.17) is 9.72 Å². The van der Waals surface area contributed by atoms with Crippen LogP contribution in [0.5, 0.6) is 0 Å². The Kier molecular flexibility index (Phi) is 7.30. The van der Waals surface area contributed by atoms with Crippen LogP contribution in [0.2, 0.25) is 0 Å². The Bertz CT molecular complexity index is 1230.